The first-order chi connectivity index (χ1) is 10.5. The lowest BCUT2D eigenvalue weighted by atomic mass is 10.1. The van der Waals surface area contributed by atoms with E-state index in [1.54, 1.807) is 11.3 Å². The minimum absolute atomic E-state index is 0.0269. The van der Waals surface area contributed by atoms with Gasteiger partial charge in [-0.3, -0.25) is 9.69 Å². The Bertz CT molecular complexity index is 605. The smallest absolute Gasteiger partial charge is 0.241 e. The van der Waals surface area contributed by atoms with Crippen LogP contribution in [0.4, 0.5) is 5.69 Å². The van der Waals surface area contributed by atoms with E-state index in [1.165, 1.54) is 0 Å². The first-order valence-electron chi connectivity index (χ1n) is 7.44. The first kappa shape index (κ1) is 16.6. The number of anilines is 1. The van der Waals surface area contributed by atoms with E-state index in [-0.39, 0.29) is 11.9 Å². The Labute approximate surface area is 136 Å². The molecule has 2 rings (SSSR count). The molecule has 0 saturated carbocycles. The first-order valence-corrected chi connectivity index (χ1v) is 8.32. The highest BCUT2D eigenvalue weighted by atomic mass is 32.1. The number of likely N-dealkylation sites (N-methyl/N-ethyl adjacent to an activating group) is 1. The number of nitrogens with zero attached hydrogens (tertiary/aromatic N) is 2. The Morgan fingerprint density at radius 2 is 2.05 bits per heavy atom. The van der Waals surface area contributed by atoms with Gasteiger partial charge in [0.2, 0.25) is 5.91 Å². The summed E-state index contributed by atoms with van der Waals surface area (Å²) in [4.78, 5) is 18.8. The van der Waals surface area contributed by atoms with Gasteiger partial charge >= 0.3 is 0 Å². The predicted molar refractivity (Wildman–Crippen MR) is 92.5 cm³/mol. The molecule has 0 saturated heterocycles. The van der Waals surface area contributed by atoms with Gasteiger partial charge in [-0.2, -0.15) is 0 Å². The zero-order valence-corrected chi connectivity index (χ0v) is 14.4. The van der Waals surface area contributed by atoms with Crippen molar-refractivity contribution >= 4 is 22.9 Å². The van der Waals surface area contributed by atoms with Gasteiger partial charge < -0.3 is 5.32 Å². The van der Waals surface area contributed by atoms with Gasteiger partial charge in [0.15, 0.2) is 0 Å². The van der Waals surface area contributed by atoms with Gasteiger partial charge in [0.25, 0.3) is 0 Å². The summed E-state index contributed by atoms with van der Waals surface area (Å²) in [7, 11) is 1.97. The van der Waals surface area contributed by atoms with Gasteiger partial charge in [-0.15, -0.1) is 11.3 Å². The van der Waals surface area contributed by atoms with Crippen molar-refractivity contribution in [3.63, 3.8) is 0 Å². The molecule has 0 radical (unpaired) electrons. The molecule has 1 atom stereocenters. The van der Waals surface area contributed by atoms with Gasteiger partial charge in [0.05, 0.1) is 11.0 Å². The van der Waals surface area contributed by atoms with Crippen LogP contribution in [0, 0.1) is 13.8 Å². The summed E-state index contributed by atoms with van der Waals surface area (Å²) < 4.78 is 0. The van der Waals surface area contributed by atoms with Crippen LogP contribution in [-0.4, -0.2) is 35.4 Å². The number of aromatic nitrogens is 1. The summed E-state index contributed by atoms with van der Waals surface area (Å²) in [5.74, 6) is 0.0269. The molecule has 4 nitrogen and oxygen atoms in total. The van der Waals surface area contributed by atoms with Crippen molar-refractivity contribution in [3.8, 4) is 0 Å². The topological polar surface area (TPSA) is 45.2 Å². The van der Waals surface area contributed by atoms with Crippen LogP contribution >= 0.6 is 11.3 Å². The number of amides is 1. The van der Waals surface area contributed by atoms with Crippen molar-refractivity contribution in [2.45, 2.75) is 33.2 Å². The molecular formula is C17H23N3OS. The van der Waals surface area contributed by atoms with Crippen molar-refractivity contribution in [1.82, 2.24) is 9.88 Å². The normalized spacial score (nSPS) is 12.4. The van der Waals surface area contributed by atoms with Crippen LogP contribution in [0.15, 0.2) is 29.8 Å². The van der Waals surface area contributed by atoms with Crippen LogP contribution in [0.3, 0.4) is 0 Å². The summed E-state index contributed by atoms with van der Waals surface area (Å²) >= 11 is 1.65. The third kappa shape index (κ3) is 4.15. The molecule has 1 amide bonds. The van der Waals surface area contributed by atoms with E-state index in [0.717, 1.165) is 34.8 Å². The fraction of sp³-hybridized carbons (Fsp3) is 0.412. The Morgan fingerprint density at radius 3 is 2.64 bits per heavy atom. The molecule has 0 spiro atoms. The molecule has 22 heavy (non-hydrogen) atoms. The van der Waals surface area contributed by atoms with Gasteiger partial charge in [0.1, 0.15) is 0 Å². The van der Waals surface area contributed by atoms with Crippen LogP contribution < -0.4 is 5.32 Å². The highest BCUT2D eigenvalue weighted by Crippen LogP contribution is 2.20. The second-order valence-corrected chi connectivity index (χ2v) is 6.57. The van der Waals surface area contributed by atoms with Crippen molar-refractivity contribution in [2.24, 2.45) is 0 Å². The van der Waals surface area contributed by atoms with Crippen LogP contribution in [0.5, 0.6) is 0 Å². The summed E-state index contributed by atoms with van der Waals surface area (Å²) in [5.41, 5.74) is 3.10. The van der Waals surface area contributed by atoms with Crippen molar-refractivity contribution in [3.05, 3.63) is 45.9 Å². The molecule has 1 heterocycles. The summed E-state index contributed by atoms with van der Waals surface area (Å²) in [6.45, 7) is 6.78. The Kier molecular flexibility index (Phi) is 5.69. The quantitative estimate of drug-likeness (QED) is 0.889. The third-order valence-corrected chi connectivity index (χ3v) is 4.77. The maximum absolute atomic E-state index is 12.5. The van der Waals surface area contributed by atoms with Gasteiger partial charge in [-0.1, -0.05) is 18.2 Å². The highest BCUT2D eigenvalue weighted by molar-refractivity contribution is 7.09. The lowest BCUT2D eigenvalue weighted by Crippen LogP contribution is -2.40. The Morgan fingerprint density at radius 1 is 1.36 bits per heavy atom. The molecule has 118 valence electrons. The summed E-state index contributed by atoms with van der Waals surface area (Å²) in [5, 5.41) is 6.14. The molecule has 0 aliphatic rings. The molecule has 1 aromatic carbocycles. The van der Waals surface area contributed by atoms with Gasteiger partial charge in [-0.25, -0.2) is 4.98 Å². The zero-order valence-electron chi connectivity index (χ0n) is 13.6. The van der Waals surface area contributed by atoms with Crippen molar-refractivity contribution < 1.29 is 4.79 Å². The van der Waals surface area contributed by atoms with Gasteiger partial charge in [0, 0.05) is 30.2 Å². The molecule has 0 unspecified atom stereocenters. The number of carbonyl (C=O) groups is 1. The number of carbonyl (C=O) groups excluding carboxylic acids is 1. The second-order valence-electron chi connectivity index (χ2n) is 5.59. The number of aryl methyl sites for hydroxylation is 2. The maximum Gasteiger partial charge on any atom is 0.241 e. The number of hydrogen-bond acceptors (Lipinski definition) is 4. The molecule has 1 N–H and O–H groups in total. The van der Waals surface area contributed by atoms with Crippen LogP contribution in [0.25, 0.3) is 0 Å². The van der Waals surface area contributed by atoms with Crippen molar-refractivity contribution in [2.75, 3.05) is 18.9 Å². The molecule has 0 fully saturated rings. The minimum atomic E-state index is -0.182. The molecule has 0 aliphatic carbocycles. The van der Waals surface area contributed by atoms with Crippen LogP contribution in [0.1, 0.15) is 23.1 Å². The molecular weight excluding hydrogens is 294 g/mol. The molecule has 5 heteroatoms. The standard InChI is InChI=1S/C17H23N3OS/c1-12-6-5-7-13(2)16(12)19-17(21)14(3)20(4)10-8-15-18-9-11-22-15/h5-7,9,11,14H,8,10H2,1-4H3,(H,19,21)/t14-/m1/s1. The molecule has 1 aromatic heterocycles. The van der Waals surface area contributed by atoms with Gasteiger partial charge in [-0.05, 0) is 38.9 Å². The van der Waals surface area contributed by atoms with E-state index < -0.39 is 0 Å². The molecule has 0 aliphatic heterocycles. The largest absolute Gasteiger partial charge is 0.324 e. The van der Waals surface area contributed by atoms with Crippen LogP contribution in [0.2, 0.25) is 0 Å². The number of rotatable bonds is 6. The summed E-state index contributed by atoms with van der Waals surface area (Å²) in [6, 6.07) is 5.85. The monoisotopic (exact) mass is 317 g/mol. The average molecular weight is 317 g/mol. The van der Waals surface area contributed by atoms with Crippen LogP contribution in [-0.2, 0) is 11.2 Å². The number of hydrogen-bond donors (Lipinski definition) is 1. The van der Waals surface area contributed by atoms with E-state index in [2.05, 4.69) is 15.2 Å². The summed E-state index contributed by atoms with van der Waals surface area (Å²) in [6.07, 6.45) is 2.69. The van der Waals surface area contributed by atoms with E-state index in [1.807, 2.05) is 57.6 Å². The lowest BCUT2D eigenvalue weighted by Gasteiger charge is -2.24. The predicted octanol–water partition coefficient (Wildman–Crippen LogP) is 3.26. The Balaban J connectivity index is 1.93. The van der Waals surface area contributed by atoms with E-state index in [9.17, 15) is 4.79 Å². The number of benzene rings is 1. The lowest BCUT2D eigenvalue weighted by molar-refractivity contribution is -0.120. The number of nitrogens with one attached hydrogen (secondary N) is 1. The fourth-order valence-electron chi connectivity index (χ4n) is 2.28. The number of para-hydroxylation sites is 1. The van der Waals surface area contributed by atoms with E-state index in [4.69, 9.17) is 0 Å². The average Bonchev–Trinajstić information content (AvgIpc) is 3.01. The minimum Gasteiger partial charge on any atom is -0.324 e. The number of thiazole rings is 1. The SMILES string of the molecule is Cc1cccc(C)c1NC(=O)[C@@H](C)N(C)CCc1nccs1. The Hall–Kier alpha value is -1.72. The van der Waals surface area contributed by atoms with Crippen molar-refractivity contribution in [1.29, 1.82) is 0 Å². The molecule has 0 bridgehead atoms. The maximum atomic E-state index is 12.5. The fourth-order valence-corrected chi connectivity index (χ4v) is 2.89. The highest BCUT2D eigenvalue weighted by Gasteiger charge is 2.19. The van der Waals surface area contributed by atoms with E-state index >= 15 is 0 Å². The molecule has 2 aromatic rings. The van der Waals surface area contributed by atoms with E-state index in [0.29, 0.717) is 0 Å². The zero-order chi connectivity index (χ0) is 16.1. The second kappa shape index (κ2) is 7.51. The third-order valence-electron chi connectivity index (χ3n) is 3.93.